The average Bonchev–Trinajstić information content (AvgIpc) is 0.733. The van der Waals surface area contributed by atoms with Gasteiger partial charge in [0.25, 0.3) is 0 Å². The molecule has 6 rings (SSSR count). The summed E-state index contributed by atoms with van der Waals surface area (Å²) in [5, 5.41) is -21.0. The van der Waals surface area contributed by atoms with E-state index in [0.29, 0.717) is 36.4 Å². The van der Waals surface area contributed by atoms with E-state index < -0.39 is 114 Å². The zero-order valence-corrected chi connectivity index (χ0v) is 46.1. The van der Waals surface area contributed by atoms with Gasteiger partial charge in [-0.05, 0) is 106 Å². The molecule has 0 atom stereocenters. The highest BCUT2D eigenvalue weighted by molar-refractivity contribution is 7.93. The standard InChI is InChI=1S/C54H30F27NO6S3/c55-43(56,49(67,68)69)46(61,62)52(76,77)89(83,84)40-25-13-34(14-26-40)4-1-31-7-19-37(20-8-31)82(38-21-9-32(10-22-38)2-5-35-15-27-41(28-16-35)90(85,86)53(78,79)47(63,64)44(57,58)50(70,71)72)39-23-11-33(12-24-39)3-6-36-17-29-42(30-18-36)91(87,88)54(80,81)48(65,66)45(59,60)51(73,74)75/h1-30H/b4-1-,5-2+,6-3+. The lowest BCUT2D eigenvalue weighted by molar-refractivity contribution is -0.382. The molecular formula is C54H30F27NO6S3. The van der Waals surface area contributed by atoms with E-state index in [-0.39, 0.29) is 86.8 Å². The van der Waals surface area contributed by atoms with Gasteiger partial charge < -0.3 is 4.90 Å². The molecule has 0 saturated heterocycles. The largest absolute Gasteiger partial charge is 0.460 e. The third-order valence-electron chi connectivity index (χ3n) is 12.8. The Hall–Kier alpha value is -7.70. The van der Waals surface area contributed by atoms with Crippen LogP contribution in [0, 0.1) is 0 Å². The molecule has 6 aromatic carbocycles. The zero-order chi connectivity index (χ0) is 69.2. The summed E-state index contributed by atoms with van der Waals surface area (Å²) in [6.07, 6.45) is -14.6. The van der Waals surface area contributed by atoms with Crippen LogP contribution < -0.4 is 4.90 Å². The Morgan fingerprint density at radius 3 is 0.505 bits per heavy atom. The van der Waals surface area contributed by atoms with Gasteiger partial charge >= 0.3 is 69.8 Å². The second-order valence-electron chi connectivity index (χ2n) is 18.8. The highest BCUT2D eigenvalue weighted by Crippen LogP contribution is 2.59. The fraction of sp³-hybridized carbons (Fsp3) is 0.222. The summed E-state index contributed by atoms with van der Waals surface area (Å²) in [6.45, 7) is 0. The van der Waals surface area contributed by atoms with Crippen molar-refractivity contribution in [2.75, 3.05) is 4.90 Å². The van der Waals surface area contributed by atoms with Crippen LogP contribution in [0.5, 0.6) is 0 Å². The van der Waals surface area contributed by atoms with Gasteiger partial charge in [-0.15, -0.1) is 0 Å². The molecule has 0 spiro atoms. The van der Waals surface area contributed by atoms with E-state index in [9.17, 15) is 144 Å². The molecule has 91 heavy (non-hydrogen) atoms. The molecule has 6 aromatic rings. The number of hydrogen-bond acceptors (Lipinski definition) is 7. The zero-order valence-electron chi connectivity index (χ0n) is 43.6. The third-order valence-corrected chi connectivity index (χ3v) is 18.3. The summed E-state index contributed by atoms with van der Waals surface area (Å²) in [7, 11) is -20.8. The lowest BCUT2D eigenvalue weighted by Gasteiger charge is -2.33. The maximum atomic E-state index is 14.4. The van der Waals surface area contributed by atoms with Gasteiger partial charge in [-0.1, -0.05) is 109 Å². The van der Waals surface area contributed by atoms with Crippen molar-refractivity contribution in [1.29, 1.82) is 0 Å². The molecule has 0 saturated carbocycles. The van der Waals surface area contributed by atoms with Gasteiger partial charge in [0.15, 0.2) is 0 Å². The summed E-state index contributed by atoms with van der Waals surface area (Å²) in [5.41, 5.74) is 1.43. The minimum Gasteiger partial charge on any atom is -0.311 e. The molecule has 0 aromatic heterocycles. The van der Waals surface area contributed by atoms with Gasteiger partial charge in [0.2, 0.25) is 29.5 Å². The molecule has 0 aliphatic rings. The van der Waals surface area contributed by atoms with Gasteiger partial charge in [0, 0.05) is 17.1 Å². The van der Waals surface area contributed by atoms with Gasteiger partial charge in [0.05, 0.1) is 14.7 Å². The molecule has 0 amide bonds. The second kappa shape index (κ2) is 23.8. The van der Waals surface area contributed by atoms with E-state index in [1.807, 2.05) is 0 Å². The van der Waals surface area contributed by atoms with E-state index in [0.717, 1.165) is 18.2 Å². The molecular weight excluding hydrogens is 1370 g/mol. The van der Waals surface area contributed by atoms with Gasteiger partial charge in [-0.25, -0.2) is 25.3 Å². The van der Waals surface area contributed by atoms with Crippen molar-refractivity contribution in [2.24, 2.45) is 0 Å². The minimum atomic E-state index is -7.51. The van der Waals surface area contributed by atoms with Crippen molar-refractivity contribution >= 4 is 83.0 Å². The molecule has 494 valence electrons. The van der Waals surface area contributed by atoms with Crippen molar-refractivity contribution in [3.05, 3.63) is 179 Å². The Balaban J connectivity index is 1.28. The number of sulfone groups is 3. The molecule has 37 heteroatoms. The monoisotopic (exact) mass is 1400 g/mol. The molecule has 0 unspecified atom stereocenters. The van der Waals surface area contributed by atoms with E-state index >= 15 is 0 Å². The highest BCUT2D eigenvalue weighted by atomic mass is 32.2. The van der Waals surface area contributed by atoms with Crippen LogP contribution in [0.4, 0.5) is 136 Å². The first-order valence-electron chi connectivity index (χ1n) is 23.9. The third kappa shape index (κ3) is 12.6. The predicted octanol–water partition coefficient (Wildman–Crippen LogP) is 18.3. The maximum absolute atomic E-state index is 14.4. The molecule has 0 bridgehead atoms. The summed E-state index contributed by atoms with van der Waals surface area (Å²) >= 11 is 0. The first-order valence-corrected chi connectivity index (χ1v) is 28.4. The van der Waals surface area contributed by atoms with Gasteiger partial charge in [-0.3, -0.25) is 0 Å². The van der Waals surface area contributed by atoms with Crippen LogP contribution in [0.1, 0.15) is 33.4 Å². The van der Waals surface area contributed by atoms with Crippen LogP contribution in [0.15, 0.2) is 160 Å². The van der Waals surface area contributed by atoms with Crippen LogP contribution in [-0.2, 0) is 29.5 Å². The summed E-state index contributed by atoms with van der Waals surface area (Å²) in [5.74, 6) is -45.0. The maximum Gasteiger partial charge on any atom is 0.460 e. The van der Waals surface area contributed by atoms with E-state index in [1.54, 1.807) is 0 Å². The number of hydrogen-bond donors (Lipinski definition) is 0. The Bertz CT molecular complexity index is 3630. The highest BCUT2D eigenvalue weighted by Gasteiger charge is 2.87. The summed E-state index contributed by atoms with van der Waals surface area (Å²) in [6, 6.07) is 22.6. The Morgan fingerprint density at radius 1 is 0.220 bits per heavy atom. The number of halogens is 27. The van der Waals surface area contributed by atoms with Crippen LogP contribution in [0.2, 0.25) is 0 Å². The first-order chi connectivity index (χ1) is 41.1. The van der Waals surface area contributed by atoms with Crippen LogP contribution in [0.3, 0.4) is 0 Å². The van der Waals surface area contributed by atoms with E-state index in [4.69, 9.17) is 0 Å². The Labute approximate surface area is 493 Å². The first kappa shape index (κ1) is 72.4. The summed E-state index contributed by atoms with van der Waals surface area (Å²) < 4.78 is 439. The number of benzene rings is 6. The predicted molar refractivity (Wildman–Crippen MR) is 271 cm³/mol. The number of nitrogens with zero attached hydrogens (tertiary/aromatic N) is 1. The van der Waals surface area contributed by atoms with E-state index in [1.165, 1.54) is 95.9 Å². The van der Waals surface area contributed by atoms with Crippen molar-refractivity contribution in [2.45, 2.75) is 84.5 Å². The smallest absolute Gasteiger partial charge is 0.311 e. The van der Waals surface area contributed by atoms with E-state index in [2.05, 4.69) is 0 Å². The number of anilines is 3. The fourth-order valence-electron chi connectivity index (χ4n) is 7.53. The molecule has 0 N–H and O–H groups in total. The quantitative estimate of drug-likeness (QED) is 0.0522. The normalized spacial score (nSPS) is 14.7. The Morgan fingerprint density at radius 2 is 0.363 bits per heavy atom. The van der Waals surface area contributed by atoms with Gasteiger partial charge in [0.1, 0.15) is 0 Å². The molecule has 0 heterocycles. The molecule has 0 radical (unpaired) electrons. The van der Waals surface area contributed by atoms with Crippen molar-refractivity contribution in [1.82, 2.24) is 0 Å². The molecule has 7 nitrogen and oxygen atoms in total. The molecule has 0 aliphatic carbocycles. The van der Waals surface area contributed by atoms with Crippen molar-refractivity contribution in [3.63, 3.8) is 0 Å². The lowest BCUT2D eigenvalue weighted by Crippen LogP contribution is -2.63. The van der Waals surface area contributed by atoms with Crippen molar-refractivity contribution in [3.8, 4) is 0 Å². The second-order valence-corrected chi connectivity index (χ2v) is 24.8. The number of rotatable bonds is 21. The Kier molecular flexibility index (Phi) is 18.9. The fourth-order valence-corrected chi connectivity index (χ4v) is 11.3. The average molecular weight is 1400 g/mol. The minimum absolute atomic E-state index is 0.0893. The number of alkyl halides is 27. The SMILES string of the molecule is O=S(=O)(c1ccc(/C=C\c2ccc(N(c3ccc(/C=C/c4ccc(S(=O)(=O)C(F)(F)C(F)(F)C(F)(F)C(F)(F)F)cc4)cc3)c3ccc(/C=C/c4ccc(S(=O)(=O)C(F)(F)C(F)(F)C(F)(F)C(F)(F)F)cc4)cc3)cc2)cc1)C(F)(F)C(F)(F)C(F)(F)C(F)(F)F. The van der Waals surface area contributed by atoms with Crippen LogP contribution in [-0.4, -0.2) is 95.1 Å². The molecule has 0 aliphatic heterocycles. The topological polar surface area (TPSA) is 106 Å². The van der Waals surface area contributed by atoms with Crippen molar-refractivity contribution < 1.29 is 144 Å². The molecule has 0 fully saturated rings. The van der Waals surface area contributed by atoms with Gasteiger partial charge in [-0.2, -0.15) is 119 Å². The van der Waals surface area contributed by atoms with Crippen LogP contribution in [0.25, 0.3) is 36.5 Å². The summed E-state index contributed by atoms with van der Waals surface area (Å²) in [4.78, 5) is -3.83. The lowest BCUT2D eigenvalue weighted by atomic mass is 10.1. The van der Waals surface area contributed by atoms with Crippen LogP contribution >= 0.6 is 0 Å².